The first kappa shape index (κ1) is 20.2. The fourth-order valence-electron chi connectivity index (χ4n) is 5.21. The van der Waals surface area contributed by atoms with Crippen LogP contribution in [0.2, 0.25) is 0 Å². The summed E-state index contributed by atoms with van der Waals surface area (Å²) in [6, 6.07) is 11.3. The van der Waals surface area contributed by atoms with Gasteiger partial charge in [0.1, 0.15) is 17.2 Å². The minimum Gasteiger partial charge on any atom is -0.434 e. The van der Waals surface area contributed by atoms with Crippen LogP contribution in [0.25, 0.3) is 22.2 Å². The van der Waals surface area contributed by atoms with Crippen LogP contribution in [-0.4, -0.2) is 31.2 Å². The SMILES string of the molecule is CC(C)(O)c1ncc(-c2ccc3nc4n(c3c2)[C@H]2C[C@H]4Cc3cccc(OC(F)F)c32)cn1. The lowest BCUT2D eigenvalue weighted by Crippen LogP contribution is -2.19. The van der Waals surface area contributed by atoms with Gasteiger partial charge >= 0.3 is 6.61 Å². The maximum Gasteiger partial charge on any atom is 0.387 e. The lowest BCUT2D eigenvalue weighted by atomic mass is 9.83. The molecular weight excluding hydrogens is 426 g/mol. The van der Waals surface area contributed by atoms with E-state index in [0.717, 1.165) is 52.0 Å². The zero-order valence-corrected chi connectivity index (χ0v) is 18.2. The van der Waals surface area contributed by atoms with Crippen LogP contribution in [-0.2, 0) is 12.0 Å². The number of aliphatic hydroxyl groups is 1. The lowest BCUT2D eigenvalue weighted by molar-refractivity contribution is -0.0508. The molecule has 0 fully saturated rings. The Hall–Kier alpha value is -3.39. The Bertz CT molecular complexity index is 1380. The number of alkyl halides is 2. The second kappa shape index (κ2) is 7.05. The maximum absolute atomic E-state index is 13.1. The van der Waals surface area contributed by atoms with Gasteiger partial charge in [0.05, 0.1) is 17.1 Å². The zero-order valence-electron chi connectivity index (χ0n) is 18.2. The van der Waals surface area contributed by atoms with Gasteiger partial charge in [-0.2, -0.15) is 8.78 Å². The van der Waals surface area contributed by atoms with Crippen molar-refractivity contribution in [2.24, 2.45) is 0 Å². The van der Waals surface area contributed by atoms with Gasteiger partial charge in [-0.05, 0) is 56.0 Å². The number of aromatic nitrogens is 4. The molecule has 0 unspecified atom stereocenters. The molecule has 1 aliphatic carbocycles. The number of halogens is 2. The number of rotatable bonds is 4. The highest BCUT2D eigenvalue weighted by molar-refractivity contribution is 5.83. The summed E-state index contributed by atoms with van der Waals surface area (Å²) < 4.78 is 33.3. The molecule has 168 valence electrons. The number of hydrogen-bond donors (Lipinski definition) is 1. The summed E-state index contributed by atoms with van der Waals surface area (Å²) in [7, 11) is 0. The molecule has 0 amide bonds. The highest BCUT2D eigenvalue weighted by atomic mass is 19.3. The molecule has 2 bridgehead atoms. The van der Waals surface area contributed by atoms with Crippen molar-refractivity contribution in [3.63, 3.8) is 0 Å². The normalized spacial score (nSPS) is 19.1. The number of nitrogens with zero attached hydrogens (tertiary/aromatic N) is 4. The van der Waals surface area contributed by atoms with E-state index in [1.807, 2.05) is 24.3 Å². The maximum atomic E-state index is 13.1. The summed E-state index contributed by atoms with van der Waals surface area (Å²) in [6.45, 7) is 0.421. The van der Waals surface area contributed by atoms with Crippen LogP contribution in [0, 0.1) is 0 Å². The molecule has 6 nitrogen and oxygen atoms in total. The predicted molar refractivity (Wildman–Crippen MR) is 118 cm³/mol. The highest BCUT2D eigenvalue weighted by Crippen LogP contribution is 2.51. The van der Waals surface area contributed by atoms with Crippen molar-refractivity contribution in [1.82, 2.24) is 19.5 Å². The van der Waals surface area contributed by atoms with Crippen molar-refractivity contribution in [2.45, 2.75) is 50.9 Å². The number of fused-ring (bicyclic) bond motifs is 9. The molecule has 2 aromatic carbocycles. The van der Waals surface area contributed by atoms with Gasteiger partial charge in [0.2, 0.25) is 0 Å². The summed E-state index contributed by atoms with van der Waals surface area (Å²) in [5.41, 5.74) is 4.32. The molecule has 0 saturated carbocycles. The van der Waals surface area contributed by atoms with Gasteiger partial charge in [0.15, 0.2) is 5.82 Å². The second-order valence-electron chi connectivity index (χ2n) is 9.26. The smallest absolute Gasteiger partial charge is 0.387 e. The molecule has 1 aliphatic heterocycles. The minimum atomic E-state index is -2.87. The molecule has 0 radical (unpaired) electrons. The number of hydrogen-bond acceptors (Lipinski definition) is 5. The Morgan fingerprint density at radius 1 is 1.12 bits per heavy atom. The number of imidazole rings is 1. The van der Waals surface area contributed by atoms with Crippen molar-refractivity contribution < 1.29 is 18.6 Å². The third-order valence-electron chi connectivity index (χ3n) is 6.61. The van der Waals surface area contributed by atoms with Crippen molar-refractivity contribution in [3.05, 3.63) is 71.6 Å². The fraction of sp³-hybridized carbons (Fsp3) is 0.320. The molecule has 6 rings (SSSR count). The predicted octanol–water partition coefficient (Wildman–Crippen LogP) is 4.95. The first-order valence-corrected chi connectivity index (χ1v) is 10.9. The van der Waals surface area contributed by atoms with Crippen molar-refractivity contribution in [1.29, 1.82) is 0 Å². The third kappa shape index (κ3) is 3.20. The van der Waals surface area contributed by atoms with E-state index in [0.29, 0.717) is 5.82 Å². The Balaban J connectivity index is 1.46. The van der Waals surface area contributed by atoms with E-state index < -0.39 is 12.2 Å². The topological polar surface area (TPSA) is 73.1 Å². The van der Waals surface area contributed by atoms with E-state index in [4.69, 9.17) is 9.72 Å². The van der Waals surface area contributed by atoms with Crippen LogP contribution in [0.5, 0.6) is 5.75 Å². The summed E-state index contributed by atoms with van der Waals surface area (Å²) in [5, 5.41) is 10.1. The van der Waals surface area contributed by atoms with Gasteiger partial charge in [-0.3, -0.25) is 0 Å². The first-order chi connectivity index (χ1) is 15.8. The Kier molecular flexibility index (Phi) is 4.32. The summed E-state index contributed by atoms with van der Waals surface area (Å²) in [6.07, 6.45) is 4.98. The van der Waals surface area contributed by atoms with E-state index in [1.54, 1.807) is 38.4 Å². The van der Waals surface area contributed by atoms with E-state index >= 15 is 0 Å². The first-order valence-electron chi connectivity index (χ1n) is 10.9. The van der Waals surface area contributed by atoms with Crippen LogP contribution in [0.4, 0.5) is 8.78 Å². The quantitative estimate of drug-likeness (QED) is 0.478. The molecule has 8 heteroatoms. The molecule has 0 spiro atoms. The summed E-state index contributed by atoms with van der Waals surface area (Å²) >= 11 is 0. The Morgan fingerprint density at radius 2 is 1.91 bits per heavy atom. The van der Waals surface area contributed by atoms with Crippen LogP contribution < -0.4 is 4.74 Å². The molecule has 0 saturated heterocycles. The third-order valence-corrected chi connectivity index (χ3v) is 6.61. The second-order valence-corrected chi connectivity index (χ2v) is 9.26. The summed E-state index contributed by atoms with van der Waals surface area (Å²) in [4.78, 5) is 13.5. The molecule has 3 heterocycles. The van der Waals surface area contributed by atoms with Gasteiger partial charge in [-0.15, -0.1) is 0 Å². The highest BCUT2D eigenvalue weighted by Gasteiger charge is 2.41. The molecule has 2 aliphatic rings. The van der Waals surface area contributed by atoms with E-state index in [1.165, 1.54) is 0 Å². The monoisotopic (exact) mass is 448 g/mol. The van der Waals surface area contributed by atoms with E-state index in [-0.39, 0.29) is 17.7 Å². The Morgan fingerprint density at radius 3 is 2.64 bits per heavy atom. The van der Waals surface area contributed by atoms with Gasteiger partial charge < -0.3 is 14.4 Å². The minimum absolute atomic E-state index is 0.0993. The lowest BCUT2D eigenvalue weighted by Gasteiger charge is -2.26. The van der Waals surface area contributed by atoms with Crippen molar-refractivity contribution >= 4 is 11.0 Å². The van der Waals surface area contributed by atoms with Crippen molar-refractivity contribution in [3.8, 4) is 16.9 Å². The molecule has 33 heavy (non-hydrogen) atoms. The van der Waals surface area contributed by atoms with Crippen LogP contribution in [0.3, 0.4) is 0 Å². The van der Waals surface area contributed by atoms with Crippen LogP contribution in [0.1, 0.15) is 55.0 Å². The van der Waals surface area contributed by atoms with Crippen LogP contribution >= 0.6 is 0 Å². The zero-order chi connectivity index (χ0) is 22.9. The average Bonchev–Trinajstić information content (AvgIpc) is 3.28. The molecule has 4 aromatic rings. The van der Waals surface area contributed by atoms with E-state index in [2.05, 4.69) is 14.5 Å². The van der Waals surface area contributed by atoms with Gasteiger partial charge in [0.25, 0.3) is 0 Å². The number of ether oxygens (including phenoxy) is 1. The van der Waals surface area contributed by atoms with Gasteiger partial charge in [-0.1, -0.05) is 18.2 Å². The fourth-order valence-corrected chi connectivity index (χ4v) is 5.21. The van der Waals surface area contributed by atoms with Crippen molar-refractivity contribution in [2.75, 3.05) is 0 Å². The molecule has 2 atom stereocenters. The average molecular weight is 448 g/mol. The number of benzene rings is 2. The molecular formula is C25H22F2N4O2. The largest absolute Gasteiger partial charge is 0.434 e. The standard InChI is InChI=1S/C25H22F2N4O2/c1-25(2,32)23-28-11-16(12-29-23)13-6-7-17-18(9-13)31-19-10-15(22(31)30-17)8-14-4-3-5-20(21(14)19)33-24(26)27/h3-7,9,11-12,15,19,24,32H,8,10H2,1-2H3/t15-,19+/m1/s1. The molecule has 1 N–H and O–H groups in total. The van der Waals surface area contributed by atoms with E-state index in [9.17, 15) is 13.9 Å². The summed E-state index contributed by atoms with van der Waals surface area (Å²) in [5.74, 6) is 1.83. The van der Waals surface area contributed by atoms with Gasteiger partial charge in [-0.25, -0.2) is 15.0 Å². The Labute approximate surface area is 188 Å². The van der Waals surface area contributed by atoms with Gasteiger partial charge in [0, 0.05) is 29.4 Å². The van der Waals surface area contributed by atoms with Crippen LogP contribution in [0.15, 0.2) is 48.8 Å². The molecule has 2 aromatic heterocycles.